The smallest absolute Gasteiger partial charge is 0.311 e. The van der Waals surface area contributed by atoms with E-state index < -0.39 is 21.4 Å². The van der Waals surface area contributed by atoms with E-state index in [1.54, 1.807) is 6.07 Å². The molecule has 1 aromatic carbocycles. The molecule has 13 heteroatoms. The molecule has 0 aliphatic carbocycles. The lowest BCUT2D eigenvalue weighted by Gasteiger charge is -2.33. The van der Waals surface area contributed by atoms with Crippen LogP contribution >= 0.6 is 24.2 Å². The molecule has 2 aromatic rings. The third-order valence-electron chi connectivity index (χ3n) is 5.01. The monoisotopic (exact) mass is 476 g/mol. The lowest BCUT2D eigenvalue weighted by molar-refractivity contribution is -0.150. The predicted octanol–water partition coefficient (Wildman–Crippen LogP) is 1.27. The zero-order chi connectivity index (χ0) is 21.1. The van der Waals surface area contributed by atoms with E-state index in [0.29, 0.717) is 42.4 Å². The Morgan fingerprint density at radius 3 is 2.67 bits per heavy atom. The van der Waals surface area contributed by atoms with Crippen LogP contribution in [-0.4, -0.2) is 50.1 Å². The average Bonchev–Trinajstić information content (AvgIpc) is 2.72. The molecule has 3 rings (SSSR count). The number of nitrogens with zero attached hydrogens (tertiary/aromatic N) is 2. The Morgan fingerprint density at radius 1 is 1.33 bits per heavy atom. The van der Waals surface area contributed by atoms with E-state index in [9.17, 15) is 18.3 Å². The molecule has 1 fully saturated rings. The molecule has 164 valence electrons. The Morgan fingerprint density at radius 2 is 2.03 bits per heavy atom. The van der Waals surface area contributed by atoms with E-state index in [2.05, 4.69) is 24.9 Å². The average molecular weight is 477 g/mol. The SMILES string of the molecule is Cl.NC(=NCl)Nc1cncc2cc(S(=O)(=O)NCC3(C(=O)O)CCNCC3)ccc12. The van der Waals surface area contributed by atoms with Gasteiger partial charge in [0.25, 0.3) is 0 Å². The molecule has 0 saturated carbocycles. The standard InChI is InChI=1S/C17H21ClN6O4S.ClH/c18-24-16(19)23-14-9-21-8-11-7-12(1-2-13(11)14)29(27,28)22-10-17(15(25)26)3-5-20-6-4-17;/h1-2,7-9,20,22H,3-6,10H2,(H,25,26)(H3,19,23,24);1H. The Bertz CT molecular complexity index is 1060. The second-order valence-electron chi connectivity index (χ2n) is 6.82. The molecule has 0 atom stereocenters. The normalized spacial score (nSPS) is 16.6. The van der Waals surface area contributed by atoms with Crippen LogP contribution in [0.2, 0.25) is 0 Å². The van der Waals surface area contributed by atoms with Crippen molar-refractivity contribution < 1.29 is 18.3 Å². The maximum Gasteiger partial charge on any atom is 0.311 e. The molecule has 0 bridgehead atoms. The van der Waals surface area contributed by atoms with Gasteiger partial charge in [-0.05, 0) is 38.1 Å². The van der Waals surface area contributed by atoms with Gasteiger partial charge in [0.2, 0.25) is 16.0 Å². The van der Waals surface area contributed by atoms with Crippen LogP contribution in [-0.2, 0) is 14.8 Å². The van der Waals surface area contributed by atoms with Crippen molar-refractivity contribution in [1.29, 1.82) is 0 Å². The molecule has 0 amide bonds. The molecule has 30 heavy (non-hydrogen) atoms. The number of rotatable bonds is 6. The first-order valence-electron chi connectivity index (χ1n) is 8.80. The van der Waals surface area contributed by atoms with Crippen molar-refractivity contribution in [3.05, 3.63) is 30.6 Å². The maximum absolute atomic E-state index is 12.8. The molecule has 0 unspecified atom stereocenters. The number of nitrogens with one attached hydrogen (secondary N) is 3. The molecule has 0 spiro atoms. The van der Waals surface area contributed by atoms with E-state index >= 15 is 0 Å². The summed E-state index contributed by atoms with van der Waals surface area (Å²) in [5.41, 5.74) is 4.96. The number of hydrogen-bond donors (Lipinski definition) is 5. The second kappa shape index (κ2) is 9.75. The summed E-state index contributed by atoms with van der Waals surface area (Å²) in [6.07, 6.45) is 3.73. The Kier molecular flexibility index (Phi) is 7.83. The number of guanidine groups is 1. The fraction of sp³-hybridized carbons (Fsp3) is 0.353. The third kappa shape index (κ3) is 5.10. The van der Waals surface area contributed by atoms with Crippen molar-refractivity contribution in [2.75, 3.05) is 25.0 Å². The van der Waals surface area contributed by atoms with Gasteiger partial charge in [-0.3, -0.25) is 9.78 Å². The molecule has 1 aliphatic heterocycles. The number of sulfonamides is 1. The van der Waals surface area contributed by atoms with E-state index in [4.69, 9.17) is 17.5 Å². The summed E-state index contributed by atoms with van der Waals surface area (Å²) in [6, 6.07) is 4.49. The van der Waals surface area contributed by atoms with Crippen LogP contribution in [0.4, 0.5) is 5.69 Å². The number of halogens is 2. The number of anilines is 1. The van der Waals surface area contributed by atoms with Crippen molar-refractivity contribution in [2.45, 2.75) is 17.7 Å². The number of benzene rings is 1. The maximum atomic E-state index is 12.8. The van der Waals surface area contributed by atoms with Crippen molar-refractivity contribution in [2.24, 2.45) is 15.7 Å². The number of carbonyl (C=O) groups is 1. The van der Waals surface area contributed by atoms with Crippen LogP contribution in [0.15, 0.2) is 40.0 Å². The van der Waals surface area contributed by atoms with E-state index in [1.165, 1.54) is 24.5 Å². The van der Waals surface area contributed by atoms with Crippen LogP contribution in [0.1, 0.15) is 12.8 Å². The topological polar surface area (TPSA) is 159 Å². The minimum atomic E-state index is -3.91. The summed E-state index contributed by atoms with van der Waals surface area (Å²) >= 11 is 5.32. The molecule has 6 N–H and O–H groups in total. The highest BCUT2D eigenvalue weighted by atomic mass is 35.5. The van der Waals surface area contributed by atoms with Crippen molar-refractivity contribution >= 4 is 62.6 Å². The lowest BCUT2D eigenvalue weighted by Crippen LogP contribution is -2.49. The van der Waals surface area contributed by atoms with Crippen LogP contribution in [0.5, 0.6) is 0 Å². The van der Waals surface area contributed by atoms with Crippen molar-refractivity contribution in [3.63, 3.8) is 0 Å². The molecule has 1 aliphatic rings. The van der Waals surface area contributed by atoms with E-state index in [0.717, 1.165) is 0 Å². The van der Waals surface area contributed by atoms with Gasteiger partial charge in [0.05, 0.1) is 22.2 Å². The summed E-state index contributed by atoms with van der Waals surface area (Å²) in [4.78, 5) is 15.8. The molecule has 1 saturated heterocycles. The first kappa shape index (κ1) is 24.1. The first-order chi connectivity index (χ1) is 13.8. The summed E-state index contributed by atoms with van der Waals surface area (Å²) in [5.74, 6) is -1.03. The summed E-state index contributed by atoms with van der Waals surface area (Å²) < 4.78 is 31.3. The number of nitrogens with two attached hydrogens (primary N) is 1. The fourth-order valence-electron chi connectivity index (χ4n) is 3.27. The molecule has 1 aromatic heterocycles. The largest absolute Gasteiger partial charge is 0.481 e. The number of piperidine rings is 1. The Hall–Kier alpha value is -2.18. The number of fused-ring (bicyclic) bond motifs is 1. The Balaban J connectivity index is 0.00000320. The lowest BCUT2D eigenvalue weighted by atomic mass is 9.79. The number of pyridine rings is 1. The zero-order valence-electron chi connectivity index (χ0n) is 15.8. The third-order valence-corrected chi connectivity index (χ3v) is 6.59. The molecular formula is C17H22Cl2N6O4S. The molecule has 0 radical (unpaired) electrons. The predicted molar refractivity (Wildman–Crippen MR) is 117 cm³/mol. The summed E-state index contributed by atoms with van der Waals surface area (Å²) in [7, 11) is -3.91. The van der Waals surface area contributed by atoms with Gasteiger partial charge in [0, 0.05) is 35.3 Å². The van der Waals surface area contributed by atoms with Crippen molar-refractivity contribution in [3.8, 4) is 0 Å². The van der Waals surface area contributed by atoms with Gasteiger partial charge in [-0.15, -0.1) is 16.9 Å². The number of carboxylic acids is 1. The Labute approximate surface area is 184 Å². The molecular weight excluding hydrogens is 455 g/mol. The van der Waals surface area contributed by atoms with Crippen molar-refractivity contribution in [1.82, 2.24) is 15.0 Å². The highest BCUT2D eigenvalue weighted by molar-refractivity contribution is 7.89. The van der Waals surface area contributed by atoms with Gasteiger partial charge in [0.15, 0.2) is 0 Å². The molecule has 10 nitrogen and oxygen atoms in total. The van der Waals surface area contributed by atoms with Gasteiger partial charge >= 0.3 is 5.97 Å². The fourth-order valence-corrected chi connectivity index (χ4v) is 4.47. The van der Waals surface area contributed by atoms with Crippen LogP contribution in [0.25, 0.3) is 10.8 Å². The van der Waals surface area contributed by atoms with Gasteiger partial charge in [0.1, 0.15) is 0 Å². The number of aliphatic carboxylic acids is 1. The minimum absolute atomic E-state index is 0. The highest BCUT2D eigenvalue weighted by Gasteiger charge is 2.40. The van der Waals surface area contributed by atoms with Crippen LogP contribution < -0.4 is 21.1 Å². The van der Waals surface area contributed by atoms with E-state index in [1.807, 2.05) is 0 Å². The van der Waals surface area contributed by atoms with Gasteiger partial charge < -0.3 is 21.5 Å². The molecule has 2 heterocycles. The van der Waals surface area contributed by atoms with Gasteiger partial charge in [-0.25, -0.2) is 13.1 Å². The quantitative estimate of drug-likeness (QED) is 0.307. The number of hydrogen-bond acceptors (Lipinski definition) is 6. The first-order valence-corrected chi connectivity index (χ1v) is 10.6. The van der Waals surface area contributed by atoms with Crippen LogP contribution in [0.3, 0.4) is 0 Å². The number of carboxylic acid groups (broad SMARTS) is 1. The summed E-state index contributed by atoms with van der Waals surface area (Å²) in [6.45, 7) is 0.882. The minimum Gasteiger partial charge on any atom is -0.481 e. The summed E-state index contributed by atoms with van der Waals surface area (Å²) in [5, 5.41) is 16.7. The highest BCUT2D eigenvalue weighted by Crippen LogP contribution is 2.29. The van der Waals surface area contributed by atoms with E-state index in [-0.39, 0.29) is 29.8 Å². The van der Waals surface area contributed by atoms with Crippen LogP contribution in [0, 0.1) is 5.41 Å². The second-order valence-corrected chi connectivity index (χ2v) is 8.76. The van der Waals surface area contributed by atoms with Gasteiger partial charge in [-0.2, -0.15) is 0 Å². The van der Waals surface area contributed by atoms with Gasteiger partial charge in [-0.1, -0.05) is 6.07 Å². The number of aromatic nitrogens is 1. The zero-order valence-corrected chi connectivity index (χ0v) is 18.1.